The number of nitrogens with zero attached hydrogens (tertiary/aromatic N) is 1. The Balaban J connectivity index is 1.47. The van der Waals surface area contributed by atoms with Gasteiger partial charge >= 0.3 is 0 Å². The normalized spacial score (nSPS) is 31.3. The summed E-state index contributed by atoms with van der Waals surface area (Å²) in [6.45, 7) is 4.77. The minimum absolute atomic E-state index is 0.0704. The Bertz CT molecular complexity index is 728. The highest BCUT2D eigenvalue weighted by Gasteiger charge is 2.47. The molecule has 0 spiro atoms. The third-order valence-corrected chi connectivity index (χ3v) is 9.96. The lowest BCUT2D eigenvalue weighted by Gasteiger charge is -2.49. The molecule has 0 radical (unpaired) electrons. The van der Waals surface area contributed by atoms with Crippen molar-refractivity contribution in [1.29, 1.82) is 0 Å². The molecule has 3 saturated carbocycles. The van der Waals surface area contributed by atoms with Crippen molar-refractivity contribution >= 4 is 18.1 Å². The monoisotopic (exact) mass is 532 g/mol. The van der Waals surface area contributed by atoms with Gasteiger partial charge in [-0.25, -0.2) is 0 Å². The van der Waals surface area contributed by atoms with E-state index in [4.69, 9.17) is 0 Å². The van der Waals surface area contributed by atoms with Gasteiger partial charge in [0.05, 0.1) is 12.0 Å². The molecule has 0 bridgehead atoms. The number of aliphatic hydroxyl groups excluding tert-OH is 1. The van der Waals surface area contributed by atoms with Crippen LogP contribution in [0.1, 0.15) is 136 Å². The van der Waals surface area contributed by atoms with E-state index in [0.717, 1.165) is 70.6 Å². The number of hydrogen-bond acceptors (Lipinski definition) is 4. The summed E-state index contributed by atoms with van der Waals surface area (Å²) < 4.78 is 0. The molecule has 0 aliphatic heterocycles. The molecule has 0 saturated heterocycles. The van der Waals surface area contributed by atoms with Gasteiger partial charge in [-0.15, -0.1) is 0 Å². The van der Waals surface area contributed by atoms with Gasteiger partial charge in [0.15, 0.2) is 0 Å². The first-order chi connectivity index (χ1) is 18.5. The maximum absolute atomic E-state index is 13.2. The van der Waals surface area contributed by atoms with Crippen molar-refractivity contribution < 1.29 is 19.5 Å². The third kappa shape index (κ3) is 8.79. The topological polar surface area (TPSA) is 86.7 Å². The van der Waals surface area contributed by atoms with Gasteiger partial charge in [-0.3, -0.25) is 9.59 Å². The smallest absolute Gasteiger partial charge is 0.225 e. The average Bonchev–Trinajstić information content (AvgIpc) is 2.92. The van der Waals surface area contributed by atoms with E-state index >= 15 is 0 Å². The SMILES string of the molecule is CCCCCCCCCCCCN(C(C)=O)C1CCCC2C(O)C(C(=O)NC3CCCCC3C=O)CCC21. The van der Waals surface area contributed by atoms with Crippen LogP contribution in [0.3, 0.4) is 0 Å². The molecule has 3 fully saturated rings. The molecule has 2 N–H and O–H groups in total. The number of amides is 2. The largest absolute Gasteiger partial charge is 0.392 e. The molecule has 0 aromatic rings. The van der Waals surface area contributed by atoms with Crippen LogP contribution in [0.2, 0.25) is 0 Å². The molecular weight excluding hydrogens is 476 g/mol. The summed E-state index contributed by atoms with van der Waals surface area (Å²) in [4.78, 5) is 39.5. The molecule has 7 atom stereocenters. The molecule has 2 amide bonds. The first-order valence-corrected chi connectivity index (χ1v) is 16.2. The fourth-order valence-corrected chi connectivity index (χ4v) is 7.74. The quantitative estimate of drug-likeness (QED) is 0.195. The number of hydrogen-bond donors (Lipinski definition) is 2. The molecule has 218 valence electrons. The van der Waals surface area contributed by atoms with Crippen molar-refractivity contribution in [1.82, 2.24) is 10.2 Å². The second-order valence-electron chi connectivity index (χ2n) is 12.6. The Morgan fingerprint density at radius 3 is 2.13 bits per heavy atom. The van der Waals surface area contributed by atoms with Crippen LogP contribution in [0.5, 0.6) is 0 Å². The number of aldehydes is 1. The number of aliphatic hydroxyl groups is 1. The summed E-state index contributed by atoms with van der Waals surface area (Å²) in [7, 11) is 0. The minimum atomic E-state index is -0.666. The van der Waals surface area contributed by atoms with Gasteiger partial charge in [0, 0.05) is 31.5 Å². The number of nitrogens with one attached hydrogen (secondary N) is 1. The molecule has 38 heavy (non-hydrogen) atoms. The zero-order valence-electron chi connectivity index (χ0n) is 24.4. The zero-order valence-corrected chi connectivity index (χ0v) is 24.4. The summed E-state index contributed by atoms with van der Waals surface area (Å²) in [5, 5.41) is 14.5. The fraction of sp³-hybridized carbons (Fsp3) is 0.906. The standard InChI is InChI=1S/C32H56N2O4/c1-3-4-5-6-7-8-9-10-11-14-22-34(24(2)36)30-19-15-17-27-26(30)20-21-28(31(27)37)32(38)33-29-18-13-12-16-25(29)23-35/h23,25-31,37H,3-22H2,1-2H3,(H,33,38). The zero-order chi connectivity index (χ0) is 27.3. The van der Waals surface area contributed by atoms with E-state index < -0.39 is 12.0 Å². The molecular formula is C32H56N2O4. The van der Waals surface area contributed by atoms with Gasteiger partial charge in [-0.2, -0.15) is 0 Å². The first kappa shape index (κ1) is 31.1. The maximum atomic E-state index is 13.2. The second kappa shape index (κ2) is 16.6. The van der Waals surface area contributed by atoms with Gasteiger partial charge in [-0.1, -0.05) is 84.0 Å². The molecule has 6 nitrogen and oxygen atoms in total. The Morgan fingerprint density at radius 1 is 0.816 bits per heavy atom. The summed E-state index contributed by atoms with van der Waals surface area (Å²) >= 11 is 0. The predicted octanol–water partition coefficient (Wildman–Crippen LogP) is 6.19. The molecule has 3 rings (SSSR count). The van der Waals surface area contributed by atoms with Crippen molar-refractivity contribution in [3.05, 3.63) is 0 Å². The van der Waals surface area contributed by atoms with Crippen LogP contribution in [0.15, 0.2) is 0 Å². The Kier molecular flexibility index (Phi) is 13.6. The van der Waals surface area contributed by atoms with Crippen LogP contribution in [-0.4, -0.2) is 52.8 Å². The van der Waals surface area contributed by atoms with E-state index in [2.05, 4.69) is 17.1 Å². The number of carbonyl (C=O) groups is 3. The Hall–Kier alpha value is -1.43. The highest BCUT2D eigenvalue weighted by molar-refractivity contribution is 5.80. The van der Waals surface area contributed by atoms with Gasteiger partial charge in [-0.05, 0) is 56.8 Å². The highest BCUT2D eigenvalue weighted by atomic mass is 16.3. The molecule has 7 unspecified atom stereocenters. The number of rotatable bonds is 15. The van der Waals surface area contributed by atoms with E-state index in [-0.39, 0.29) is 41.7 Å². The van der Waals surface area contributed by atoms with Crippen molar-refractivity contribution in [2.75, 3.05) is 6.54 Å². The first-order valence-electron chi connectivity index (χ1n) is 16.2. The Morgan fingerprint density at radius 2 is 1.47 bits per heavy atom. The van der Waals surface area contributed by atoms with Crippen LogP contribution in [0.4, 0.5) is 0 Å². The van der Waals surface area contributed by atoms with Crippen molar-refractivity contribution in [3.8, 4) is 0 Å². The Labute approximate surface area is 232 Å². The highest BCUT2D eigenvalue weighted by Crippen LogP contribution is 2.45. The van der Waals surface area contributed by atoms with Crippen LogP contribution in [0, 0.1) is 23.7 Å². The number of carbonyl (C=O) groups excluding carboxylic acids is 3. The average molecular weight is 533 g/mol. The van der Waals surface area contributed by atoms with Gasteiger partial charge < -0.3 is 20.1 Å². The van der Waals surface area contributed by atoms with E-state index in [0.29, 0.717) is 6.42 Å². The molecule has 0 heterocycles. The van der Waals surface area contributed by atoms with Crippen molar-refractivity contribution in [2.24, 2.45) is 23.7 Å². The van der Waals surface area contributed by atoms with Crippen LogP contribution >= 0.6 is 0 Å². The van der Waals surface area contributed by atoms with E-state index in [1.807, 2.05) is 0 Å². The lowest BCUT2D eigenvalue weighted by molar-refractivity contribution is -0.144. The fourth-order valence-electron chi connectivity index (χ4n) is 7.74. The molecule has 0 aromatic heterocycles. The number of fused-ring (bicyclic) bond motifs is 1. The van der Waals surface area contributed by atoms with Crippen LogP contribution in [-0.2, 0) is 14.4 Å². The summed E-state index contributed by atoms with van der Waals surface area (Å²) in [5.41, 5.74) is 0. The van der Waals surface area contributed by atoms with Crippen molar-refractivity contribution in [3.63, 3.8) is 0 Å². The molecule has 6 heteroatoms. The van der Waals surface area contributed by atoms with E-state index in [9.17, 15) is 19.5 Å². The van der Waals surface area contributed by atoms with Gasteiger partial charge in [0.2, 0.25) is 11.8 Å². The minimum Gasteiger partial charge on any atom is -0.392 e. The third-order valence-electron chi connectivity index (χ3n) is 9.96. The molecule has 3 aliphatic rings. The second-order valence-corrected chi connectivity index (χ2v) is 12.6. The molecule has 0 aromatic carbocycles. The van der Waals surface area contributed by atoms with Gasteiger partial charge in [0.1, 0.15) is 6.29 Å². The van der Waals surface area contributed by atoms with Crippen LogP contribution in [0.25, 0.3) is 0 Å². The lowest BCUT2D eigenvalue weighted by Crippen LogP contribution is -2.56. The van der Waals surface area contributed by atoms with E-state index in [1.54, 1.807) is 6.92 Å². The molecule has 3 aliphatic carbocycles. The summed E-state index contributed by atoms with van der Waals surface area (Å²) in [6.07, 6.45) is 21.4. The maximum Gasteiger partial charge on any atom is 0.225 e. The number of unbranched alkanes of at least 4 members (excludes halogenated alkanes) is 9. The lowest BCUT2D eigenvalue weighted by atomic mass is 9.63. The van der Waals surface area contributed by atoms with E-state index in [1.165, 1.54) is 57.8 Å². The van der Waals surface area contributed by atoms with Gasteiger partial charge in [0.25, 0.3) is 0 Å². The van der Waals surface area contributed by atoms with Crippen molar-refractivity contribution in [2.45, 2.75) is 154 Å². The van der Waals surface area contributed by atoms with Crippen LogP contribution < -0.4 is 5.32 Å². The summed E-state index contributed by atoms with van der Waals surface area (Å²) in [5.74, 6) is -0.0934. The summed E-state index contributed by atoms with van der Waals surface area (Å²) in [6, 6.07) is 0.0910. The predicted molar refractivity (Wildman–Crippen MR) is 153 cm³/mol.